The molecule has 0 saturated carbocycles. The monoisotopic (exact) mass is 646 g/mol. The molecular weight excluding hydrogens is 555 g/mol. The van der Waals surface area contributed by atoms with Gasteiger partial charge in [0.2, 0.25) is 0 Å². The molecule has 0 amide bonds. The molecule has 0 aromatic rings. The maximum Gasteiger partial charge on any atom is -0.00217 e. The van der Waals surface area contributed by atoms with Crippen LogP contribution in [0.15, 0.2) is 24.8 Å². The van der Waals surface area contributed by atoms with E-state index >= 15 is 0 Å². The highest BCUT2D eigenvalue weighted by Crippen LogP contribution is 2.25. The Hall–Kier alpha value is -0.560. The minimum absolute atomic E-state index is 0.977. The second-order valence-electron chi connectivity index (χ2n) is 15.1. The van der Waals surface area contributed by atoms with Crippen molar-refractivity contribution in [2.45, 2.75) is 234 Å². The molecule has 0 saturated heterocycles. The van der Waals surface area contributed by atoms with Crippen LogP contribution in [0.4, 0.5) is 0 Å². The number of rotatable bonds is 36. The maximum atomic E-state index is 4.45. The van der Waals surface area contributed by atoms with Gasteiger partial charge in [-0.25, -0.2) is 0 Å². The molecule has 276 valence electrons. The molecule has 0 bridgehead atoms. The molecule has 0 spiro atoms. The highest BCUT2D eigenvalue weighted by atomic mass is 15.1. The van der Waals surface area contributed by atoms with E-state index in [1.54, 1.807) is 6.08 Å². The van der Waals surface area contributed by atoms with E-state index < -0.39 is 0 Å². The molecule has 0 aromatic carbocycles. The third kappa shape index (κ3) is 37.9. The van der Waals surface area contributed by atoms with Gasteiger partial charge in [0.25, 0.3) is 0 Å². The van der Waals surface area contributed by atoms with Gasteiger partial charge < -0.3 is 4.90 Å². The molecule has 0 heterocycles. The predicted octanol–water partition coefficient (Wildman–Crippen LogP) is 16.1. The second-order valence-corrected chi connectivity index (χ2v) is 15.1. The Morgan fingerprint density at radius 3 is 1.24 bits per heavy atom. The molecule has 1 nitrogen and oxygen atoms in total. The first-order valence-electron chi connectivity index (χ1n) is 21.4. The Bertz CT molecular complexity index is 580. The number of nitrogens with zero attached hydrogens (tertiary/aromatic N) is 1. The molecule has 0 radical (unpaired) electrons. The fourth-order valence-corrected chi connectivity index (χ4v) is 7.19. The molecule has 2 unspecified atom stereocenters. The Labute approximate surface area is 294 Å². The molecule has 0 aliphatic carbocycles. The number of hydrogen-bond acceptors (Lipinski definition) is 1. The highest BCUT2D eigenvalue weighted by Gasteiger charge is 2.10. The summed E-state index contributed by atoms with van der Waals surface area (Å²) in [4.78, 5) is 2.60. The van der Waals surface area contributed by atoms with Crippen molar-refractivity contribution in [2.24, 2.45) is 11.8 Å². The first-order valence-corrected chi connectivity index (χ1v) is 21.4. The highest BCUT2D eigenvalue weighted by molar-refractivity contribution is 4.93. The zero-order valence-electron chi connectivity index (χ0n) is 33.4. The van der Waals surface area contributed by atoms with Gasteiger partial charge in [-0.15, -0.1) is 6.58 Å². The van der Waals surface area contributed by atoms with Crippen molar-refractivity contribution in [3.8, 4) is 0 Å². The topological polar surface area (TPSA) is 3.24 Å². The van der Waals surface area contributed by atoms with Gasteiger partial charge in [0, 0.05) is 0 Å². The lowest BCUT2D eigenvalue weighted by Gasteiger charge is -2.20. The van der Waals surface area contributed by atoms with Crippen molar-refractivity contribution in [2.75, 3.05) is 20.1 Å². The van der Waals surface area contributed by atoms with Gasteiger partial charge in [0.15, 0.2) is 0 Å². The standard InChI is InChI=1S/C42H85N.C3H6/c1-7-11-14-17-19-24-33-41(30-10-4)37-29-39-43(6)38-28-27-32-40(5)31-22-21-26-36-42(34-23-16-13-9-3)35-25-20-18-15-12-8-2;1-3-2/h41-42H,5,7-39H2,1-4,6H3;3H,1H2,2H3. The van der Waals surface area contributed by atoms with E-state index in [0.29, 0.717) is 0 Å². The van der Waals surface area contributed by atoms with Crippen molar-refractivity contribution in [3.63, 3.8) is 0 Å². The smallest absolute Gasteiger partial charge is 0.00217 e. The van der Waals surface area contributed by atoms with Crippen molar-refractivity contribution in [1.29, 1.82) is 0 Å². The summed E-state index contributed by atoms with van der Waals surface area (Å²) in [6.07, 6.45) is 45.8. The number of hydrogen-bond donors (Lipinski definition) is 0. The van der Waals surface area contributed by atoms with Crippen LogP contribution in [-0.2, 0) is 0 Å². The second kappa shape index (κ2) is 40.6. The fourth-order valence-electron chi connectivity index (χ4n) is 7.19. The van der Waals surface area contributed by atoms with Crippen LogP contribution < -0.4 is 0 Å². The van der Waals surface area contributed by atoms with Crippen molar-refractivity contribution >= 4 is 0 Å². The summed E-state index contributed by atoms with van der Waals surface area (Å²) in [5.74, 6) is 1.98. The van der Waals surface area contributed by atoms with E-state index in [-0.39, 0.29) is 0 Å². The van der Waals surface area contributed by atoms with Crippen molar-refractivity contribution in [3.05, 3.63) is 24.8 Å². The predicted molar refractivity (Wildman–Crippen MR) is 215 cm³/mol. The average molecular weight is 646 g/mol. The van der Waals surface area contributed by atoms with Crippen LogP contribution >= 0.6 is 0 Å². The van der Waals surface area contributed by atoms with E-state index in [2.05, 4.69) is 52.8 Å². The lowest BCUT2D eigenvalue weighted by Crippen LogP contribution is -2.21. The first-order chi connectivity index (χ1) is 22.5. The number of unbranched alkanes of at least 4 members (excludes halogenated alkanes) is 16. The van der Waals surface area contributed by atoms with Gasteiger partial charge in [-0.1, -0.05) is 200 Å². The van der Waals surface area contributed by atoms with Crippen LogP contribution in [0.1, 0.15) is 234 Å². The van der Waals surface area contributed by atoms with E-state index in [4.69, 9.17) is 0 Å². The Morgan fingerprint density at radius 2 is 0.783 bits per heavy atom. The molecule has 2 atom stereocenters. The van der Waals surface area contributed by atoms with Crippen LogP contribution in [0.2, 0.25) is 0 Å². The SMILES string of the molecule is C=C(CCCCCC(CCCCCC)CCCCCCCC)CCCCN(C)CCCC(CCC)CCCCCCCC.C=CC. The first kappa shape index (κ1) is 47.6. The van der Waals surface area contributed by atoms with Gasteiger partial charge in [-0.3, -0.25) is 0 Å². The maximum absolute atomic E-state index is 4.45. The molecule has 46 heavy (non-hydrogen) atoms. The lowest BCUT2D eigenvalue weighted by molar-refractivity contribution is 0.295. The zero-order valence-corrected chi connectivity index (χ0v) is 33.4. The molecule has 0 aliphatic rings. The Kier molecular flexibility index (Phi) is 42.0. The van der Waals surface area contributed by atoms with Crippen LogP contribution in [-0.4, -0.2) is 25.0 Å². The molecule has 1 heteroatoms. The van der Waals surface area contributed by atoms with Gasteiger partial charge in [0.05, 0.1) is 0 Å². The van der Waals surface area contributed by atoms with Gasteiger partial charge >= 0.3 is 0 Å². The summed E-state index contributed by atoms with van der Waals surface area (Å²) in [5, 5.41) is 0. The molecule has 0 aromatic heterocycles. The van der Waals surface area contributed by atoms with Crippen molar-refractivity contribution < 1.29 is 0 Å². The van der Waals surface area contributed by atoms with Crippen LogP contribution in [0.5, 0.6) is 0 Å². The summed E-state index contributed by atoms with van der Waals surface area (Å²) in [6, 6.07) is 0. The zero-order chi connectivity index (χ0) is 34.4. The van der Waals surface area contributed by atoms with E-state index in [9.17, 15) is 0 Å². The molecule has 0 aliphatic heterocycles. The van der Waals surface area contributed by atoms with Gasteiger partial charge in [-0.05, 0) is 83.8 Å². The summed E-state index contributed by atoms with van der Waals surface area (Å²) in [7, 11) is 2.35. The third-order valence-electron chi connectivity index (χ3n) is 10.2. The van der Waals surface area contributed by atoms with E-state index in [1.165, 1.54) is 218 Å². The summed E-state index contributed by atoms with van der Waals surface area (Å²) >= 11 is 0. The van der Waals surface area contributed by atoms with Gasteiger partial charge in [-0.2, -0.15) is 0 Å². The Morgan fingerprint density at radius 1 is 0.457 bits per heavy atom. The average Bonchev–Trinajstić information content (AvgIpc) is 3.04. The molecule has 0 fully saturated rings. The van der Waals surface area contributed by atoms with E-state index in [1.807, 2.05) is 6.92 Å². The molecule has 0 N–H and O–H groups in total. The quantitative estimate of drug-likeness (QED) is 0.0484. The minimum atomic E-state index is 0.977. The largest absolute Gasteiger partial charge is 0.306 e. The normalized spacial score (nSPS) is 12.6. The summed E-state index contributed by atoms with van der Waals surface area (Å²) < 4.78 is 0. The summed E-state index contributed by atoms with van der Waals surface area (Å²) in [5.41, 5.74) is 1.52. The third-order valence-corrected chi connectivity index (χ3v) is 10.2. The van der Waals surface area contributed by atoms with E-state index in [0.717, 1.165) is 11.8 Å². The van der Waals surface area contributed by atoms with Crippen LogP contribution in [0.25, 0.3) is 0 Å². The molecular formula is C45H91N. The minimum Gasteiger partial charge on any atom is -0.306 e. The molecule has 0 rings (SSSR count). The lowest BCUT2D eigenvalue weighted by atomic mass is 9.89. The number of allylic oxidation sites excluding steroid dienone is 2. The Balaban J connectivity index is 0. The van der Waals surface area contributed by atoms with Crippen LogP contribution in [0, 0.1) is 11.8 Å². The van der Waals surface area contributed by atoms with Crippen LogP contribution in [0.3, 0.4) is 0 Å². The fraction of sp³-hybridized carbons (Fsp3) is 0.911. The van der Waals surface area contributed by atoms with Gasteiger partial charge in [0.1, 0.15) is 0 Å². The van der Waals surface area contributed by atoms with Crippen molar-refractivity contribution in [1.82, 2.24) is 4.90 Å². The summed E-state index contributed by atoms with van der Waals surface area (Å²) in [6.45, 7) is 21.6.